The van der Waals surface area contributed by atoms with Gasteiger partial charge in [-0.3, -0.25) is 4.68 Å². The Balaban J connectivity index is 1.96. The van der Waals surface area contributed by atoms with E-state index in [0.717, 1.165) is 43.9 Å². The van der Waals surface area contributed by atoms with Crippen molar-refractivity contribution in [3.63, 3.8) is 0 Å². The zero-order valence-corrected chi connectivity index (χ0v) is 10.7. The zero-order chi connectivity index (χ0) is 12.5. The van der Waals surface area contributed by atoms with Gasteiger partial charge in [-0.25, -0.2) is 4.98 Å². The van der Waals surface area contributed by atoms with E-state index in [1.54, 1.807) is 0 Å². The minimum absolute atomic E-state index is 0.0903. The van der Waals surface area contributed by atoms with E-state index in [4.69, 9.17) is 5.73 Å². The molecule has 0 amide bonds. The van der Waals surface area contributed by atoms with Crippen LogP contribution in [0.5, 0.6) is 0 Å². The molecule has 2 unspecified atom stereocenters. The van der Waals surface area contributed by atoms with Crippen LogP contribution >= 0.6 is 0 Å². The van der Waals surface area contributed by atoms with Gasteiger partial charge in [0.15, 0.2) is 0 Å². The summed E-state index contributed by atoms with van der Waals surface area (Å²) in [5, 5.41) is 13.7. The van der Waals surface area contributed by atoms with Crippen molar-refractivity contribution in [1.82, 2.24) is 14.8 Å². The summed E-state index contributed by atoms with van der Waals surface area (Å²) in [6, 6.07) is 0. The molecule has 96 valence electrons. The van der Waals surface area contributed by atoms with Crippen molar-refractivity contribution in [3.8, 4) is 0 Å². The minimum atomic E-state index is -0.371. The van der Waals surface area contributed by atoms with Gasteiger partial charge in [-0.15, -0.1) is 0 Å². The molecule has 1 fully saturated rings. The molecule has 0 saturated heterocycles. The van der Waals surface area contributed by atoms with Crippen LogP contribution in [0.4, 0.5) is 0 Å². The number of aliphatic hydroxyl groups excluding tert-OH is 1. The molecule has 0 aliphatic heterocycles. The maximum atomic E-state index is 9.39. The van der Waals surface area contributed by atoms with Crippen molar-refractivity contribution in [3.05, 3.63) is 11.6 Å². The molecule has 3 N–H and O–H groups in total. The van der Waals surface area contributed by atoms with E-state index in [-0.39, 0.29) is 12.1 Å². The molecular formula is C12H22N4O. The van der Waals surface area contributed by atoms with Gasteiger partial charge < -0.3 is 10.8 Å². The summed E-state index contributed by atoms with van der Waals surface area (Å²) in [6.45, 7) is 4.81. The van der Waals surface area contributed by atoms with E-state index in [2.05, 4.69) is 10.1 Å². The molecule has 1 aromatic heterocycles. The van der Waals surface area contributed by atoms with Crippen LogP contribution in [0, 0.1) is 19.8 Å². The van der Waals surface area contributed by atoms with Crippen molar-refractivity contribution in [2.45, 2.75) is 51.6 Å². The second kappa shape index (κ2) is 4.74. The average Bonchev–Trinajstić information content (AvgIpc) is 2.80. The molecule has 5 heteroatoms. The Labute approximate surface area is 102 Å². The van der Waals surface area contributed by atoms with Crippen LogP contribution in [-0.2, 0) is 6.54 Å². The summed E-state index contributed by atoms with van der Waals surface area (Å²) in [5.41, 5.74) is 5.84. The summed E-state index contributed by atoms with van der Waals surface area (Å²) < 4.78 is 1.94. The standard InChI is InChI=1S/C12H22N4O/c1-9-14-10(2)16(15-9)7-5-11-4-3-6-12(11,13)8-17/h11,17H,3-8,13H2,1-2H3. The lowest BCUT2D eigenvalue weighted by Crippen LogP contribution is -2.47. The zero-order valence-electron chi connectivity index (χ0n) is 10.7. The van der Waals surface area contributed by atoms with Crippen molar-refractivity contribution in [2.24, 2.45) is 11.7 Å². The lowest BCUT2D eigenvalue weighted by Gasteiger charge is -2.29. The largest absolute Gasteiger partial charge is 0.394 e. The second-order valence-electron chi connectivity index (χ2n) is 5.20. The number of hydrogen-bond acceptors (Lipinski definition) is 4. The van der Waals surface area contributed by atoms with Gasteiger partial charge in [-0.2, -0.15) is 5.10 Å². The third-order valence-corrected chi connectivity index (χ3v) is 3.95. The van der Waals surface area contributed by atoms with Gasteiger partial charge in [0.2, 0.25) is 0 Å². The van der Waals surface area contributed by atoms with Gasteiger partial charge >= 0.3 is 0 Å². The Morgan fingerprint density at radius 2 is 2.29 bits per heavy atom. The molecule has 0 radical (unpaired) electrons. The van der Waals surface area contributed by atoms with Gasteiger partial charge in [0, 0.05) is 12.1 Å². The molecule has 1 heterocycles. The van der Waals surface area contributed by atoms with Crippen LogP contribution in [-0.4, -0.2) is 32.0 Å². The third kappa shape index (κ3) is 2.50. The Bertz CT molecular complexity index is 390. The summed E-state index contributed by atoms with van der Waals surface area (Å²) in [6.07, 6.45) is 4.14. The van der Waals surface area contributed by atoms with Crippen molar-refractivity contribution in [2.75, 3.05) is 6.61 Å². The quantitative estimate of drug-likeness (QED) is 0.812. The molecule has 2 rings (SSSR count). The Morgan fingerprint density at radius 1 is 1.53 bits per heavy atom. The second-order valence-corrected chi connectivity index (χ2v) is 5.20. The fraction of sp³-hybridized carbons (Fsp3) is 0.833. The van der Waals surface area contributed by atoms with Crippen LogP contribution in [0.15, 0.2) is 0 Å². The lowest BCUT2D eigenvalue weighted by atomic mass is 9.86. The van der Waals surface area contributed by atoms with Crippen molar-refractivity contribution in [1.29, 1.82) is 0 Å². The van der Waals surface area contributed by atoms with E-state index in [1.165, 1.54) is 0 Å². The Hall–Kier alpha value is -0.940. The van der Waals surface area contributed by atoms with Crippen molar-refractivity contribution >= 4 is 0 Å². The van der Waals surface area contributed by atoms with E-state index in [9.17, 15) is 5.11 Å². The first-order valence-corrected chi connectivity index (χ1v) is 6.33. The van der Waals surface area contributed by atoms with Crippen LogP contribution in [0.2, 0.25) is 0 Å². The molecule has 2 atom stereocenters. The molecule has 5 nitrogen and oxygen atoms in total. The SMILES string of the molecule is Cc1nc(C)n(CCC2CCCC2(N)CO)n1. The number of aryl methyl sites for hydroxylation is 3. The van der Waals surface area contributed by atoms with Gasteiger partial charge in [0.1, 0.15) is 11.6 Å². The molecule has 1 aliphatic rings. The highest BCUT2D eigenvalue weighted by molar-refractivity contribution is 4.96. The summed E-state index contributed by atoms with van der Waals surface area (Å²) >= 11 is 0. The number of aliphatic hydroxyl groups is 1. The van der Waals surface area contributed by atoms with Gasteiger partial charge in [-0.1, -0.05) is 6.42 Å². The minimum Gasteiger partial charge on any atom is -0.394 e. The highest BCUT2D eigenvalue weighted by Crippen LogP contribution is 2.35. The van der Waals surface area contributed by atoms with Crippen LogP contribution in [0.3, 0.4) is 0 Å². The van der Waals surface area contributed by atoms with Gasteiger partial charge in [0.05, 0.1) is 6.61 Å². The third-order valence-electron chi connectivity index (χ3n) is 3.95. The van der Waals surface area contributed by atoms with E-state index < -0.39 is 0 Å². The van der Waals surface area contributed by atoms with Gasteiger partial charge in [-0.05, 0) is 39.0 Å². The molecule has 0 spiro atoms. The van der Waals surface area contributed by atoms with E-state index in [0.29, 0.717) is 5.92 Å². The fourth-order valence-electron chi connectivity index (χ4n) is 2.86. The average molecular weight is 238 g/mol. The predicted molar refractivity (Wildman–Crippen MR) is 65.5 cm³/mol. The van der Waals surface area contributed by atoms with E-state index in [1.807, 2.05) is 18.5 Å². The number of hydrogen-bond donors (Lipinski definition) is 2. The van der Waals surface area contributed by atoms with E-state index >= 15 is 0 Å². The molecule has 0 bridgehead atoms. The fourth-order valence-corrected chi connectivity index (χ4v) is 2.86. The molecular weight excluding hydrogens is 216 g/mol. The summed E-state index contributed by atoms with van der Waals surface area (Å²) in [5.74, 6) is 2.17. The summed E-state index contributed by atoms with van der Waals surface area (Å²) in [4.78, 5) is 4.28. The Morgan fingerprint density at radius 3 is 2.88 bits per heavy atom. The molecule has 1 aromatic rings. The molecule has 1 saturated carbocycles. The predicted octanol–water partition coefficient (Wildman–Crippen LogP) is 0.775. The maximum absolute atomic E-state index is 9.39. The topological polar surface area (TPSA) is 77.0 Å². The highest BCUT2D eigenvalue weighted by atomic mass is 16.3. The number of rotatable bonds is 4. The normalized spacial score (nSPS) is 28.8. The maximum Gasteiger partial charge on any atom is 0.147 e. The highest BCUT2D eigenvalue weighted by Gasteiger charge is 2.38. The first kappa shape index (κ1) is 12.5. The monoisotopic (exact) mass is 238 g/mol. The molecule has 0 aromatic carbocycles. The number of nitrogens with two attached hydrogens (primary N) is 1. The number of nitrogens with zero attached hydrogens (tertiary/aromatic N) is 3. The van der Waals surface area contributed by atoms with Crippen molar-refractivity contribution < 1.29 is 5.11 Å². The Kier molecular flexibility index (Phi) is 3.49. The molecule has 1 aliphatic carbocycles. The first-order chi connectivity index (χ1) is 8.05. The first-order valence-electron chi connectivity index (χ1n) is 6.33. The summed E-state index contributed by atoms with van der Waals surface area (Å²) in [7, 11) is 0. The van der Waals surface area contributed by atoms with Crippen LogP contribution < -0.4 is 5.73 Å². The lowest BCUT2D eigenvalue weighted by molar-refractivity contribution is 0.152. The molecule has 17 heavy (non-hydrogen) atoms. The smallest absolute Gasteiger partial charge is 0.147 e. The van der Waals surface area contributed by atoms with Crippen LogP contribution in [0.1, 0.15) is 37.3 Å². The van der Waals surface area contributed by atoms with Crippen LogP contribution in [0.25, 0.3) is 0 Å². The number of aromatic nitrogens is 3. The van der Waals surface area contributed by atoms with Gasteiger partial charge in [0.25, 0.3) is 0 Å².